The fraction of sp³-hybridized carbons (Fsp3) is 0.647. The molecular weight excluding hydrogens is 246 g/mol. The maximum atomic E-state index is 2.54. The molecule has 1 atom stereocenters. The van der Waals surface area contributed by atoms with Gasteiger partial charge in [-0.15, -0.1) is 0 Å². The van der Waals surface area contributed by atoms with Gasteiger partial charge in [0.25, 0.3) is 0 Å². The normalized spacial score (nSPS) is 23.6. The smallest absolute Gasteiger partial charge is 0.0368 e. The fourth-order valence-corrected chi connectivity index (χ4v) is 3.46. The molecule has 2 fully saturated rings. The number of nitrogens with zero attached hydrogens (tertiary/aromatic N) is 3. The molecule has 0 radical (unpaired) electrons. The van der Waals surface area contributed by atoms with Crippen molar-refractivity contribution in [3.63, 3.8) is 0 Å². The van der Waals surface area contributed by atoms with E-state index in [1.807, 2.05) is 0 Å². The van der Waals surface area contributed by atoms with E-state index in [0.29, 0.717) is 6.04 Å². The molecule has 2 saturated heterocycles. The molecule has 0 aliphatic carbocycles. The summed E-state index contributed by atoms with van der Waals surface area (Å²) >= 11 is 0. The molecule has 2 aliphatic rings. The molecule has 0 amide bonds. The Hall–Kier alpha value is -1.22. The summed E-state index contributed by atoms with van der Waals surface area (Å²) in [6.45, 7) is 4.82. The van der Waals surface area contributed by atoms with Crippen LogP contribution < -0.4 is 9.80 Å². The van der Waals surface area contributed by atoms with Gasteiger partial charge in [-0.1, -0.05) is 0 Å². The lowest BCUT2D eigenvalue weighted by Crippen LogP contribution is -2.45. The summed E-state index contributed by atoms with van der Waals surface area (Å²) in [7, 11) is 4.40. The molecule has 0 saturated carbocycles. The van der Waals surface area contributed by atoms with E-state index >= 15 is 0 Å². The van der Waals surface area contributed by atoms with Crippen LogP contribution in [0.1, 0.15) is 25.7 Å². The van der Waals surface area contributed by atoms with Crippen molar-refractivity contribution in [2.45, 2.75) is 31.7 Å². The number of anilines is 2. The molecule has 0 bridgehead atoms. The lowest BCUT2D eigenvalue weighted by Gasteiger charge is -2.37. The zero-order valence-electron chi connectivity index (χ0n) is 12.9. The van der Waals surface area contributed by atoms with Crippen molar-refractivity contribution < 1.29 is 0 Å². The van der Waals surface area contributed by atoms with Gasteiger partial charge >= 0.3 is 0 Å². The Kier molecular flexibility index (Phi) is 4.16. The zero-order chi connectivity index (χ0) is 13.9. The first-order chi connectivity index (χ1) is 9.74. The topological polar surface area (TPSA) is 9.72 Å². The maximum Gasteiger partial charge on any atom is 0.0368 e. The molecule has 3 heteroatoms. The van der Waals surface area contributed by atoms with Crippen LogP contribution in [0.5, 0.6) is 0 Å². The molecule has 1 unspecified atom stereocenters. The first-order valence-electron chi connectivity index (χ1n) is 8.00. The molecular formula is C17H27N3. The monoisotopic (exact) mass is 273 g/mol. The van der Waals surface area contributed by atoms with Crippen molar-refractivity contribution in [2.24, 2.45) is 0 Å². The Bertz CT molecular complexity index is 420. The van der Waals surface area contributed by atoms with E-state index in [9.17, 15) is 0 Å². The highest BCUT2D eigenvalue weighted by Gasteiger charge is 2.21. The Balaban J connectivity index is 1.67. The van der Waals surface area contributed by atoms with E-state index in [1.165, 1.54) is 56.7 Å². The molecule has 0 aromatic heterocycles. The SMILES string of the molecule is CN(C)C1CCCN(c2ccc(N3CCCC3)cc2)C1. The highest BCUT2D eigenvalue weighted by atomic mass is 15.2. The van der Waals surface area contributed by atoms with Gasteiger partial charge in [0.2, 0.25) is 0 Å². The van der Waals surface area contributed by atoms with Gasteiger partial charge in [-0.05, 0) is 64.0 Å². The van der Waals surface area contributed by atoms with E-state index in [4.69, 9.17) is 0 Å². The molecule has 1 aromatic rings. The van der Waals surface area contributed by atoms with Crippen LogP contribution in [0.25, 0.3) is 0 Å². The summed E-state index contributed by atoms with van der Waals surface area (Å²) in [5.74, 6) is 0. The Morgan fingerprint density at radius 2 is 1.40 bits per heavy atom. The van der Waals surface area contributed by atoms with Crippen LogP contribution in [0.3, 0.4) is 0 Å². The molecule has 3 nitrogen and oxygen atoms in total. The number of hydrogen-bond donors (Lipinski definition) is 0. The second kappa shape index (κ2) is 6.04. The average molecular weight is 273 g/mol. The van der Waals surface area contributed by atoms with Crippen molar-refractivity contribution in [1.82, 2.24) is 4.90 Å². The van der Waals surface area contributed by atoms with Gasteiger partial charge in [0.15, 0.2) is 0 Å². The number of hydrogen-bond acceptors (Lipinski definition) is 3. The first kappa shape index (κ1) is 13.7. The zero-order valence-corrected chi connectivity index (χ0v) is 12.9. The molecule has 110 valence electrons. The summed E-state index contributed by atoms with van der Waals surface area (Å²) < 4.78 is 0. The minimum atomic E-state index is 0.696. The highest BCUT2D eigenvalue weighted by Crippen LogP contribution is 2.26. The summed E-state index contributed by atoms with van der Waals surface area (Å²) in [6, 6.07) is 9.93. The summed E-state index contributed by atoms with van der Waals surface area (Å²) in [6.07, 6.45) is 5.32. The third-order valence-corrected chi connectivity index (χ3v) is 4.81. The Morgan fingerprint density at radius 1 is 0.850 bits per heavy atom. The second-order valence-corrected chi connectivity index (χ2v) is 6.42. The number of likely N-dealkylation sites (N-methyl/N-ethyl adjacent to an activating group) is 1. The lowest BCUT2D eigenvalue weighted by molar-refractivity contribution is 0.258. The average Bonchev–Trinajstić information content (AvgIpc) is 3.02. The minimum absolute atomic E-state index is 0.696. The highest BCUT2D eigenvalue weighted by molar-refractivity contribution is 5.57. The Morgan fingerprint density at radius 3 is 2.00 bits per heavy atom. The second-order valence-electron chi connectivity index (χ2n) is 6.42. The van der Waals surface area contributed by atoms with Gasteiger partial charge in [-0.2, -0.15) is 0 Å². The van der Waals surface area contributed by atoms with Gasteiger partial charge in [0, 0.05) is 43.6 Å². The maximum absolute atomic E-state index is 2.54. The predicted octanol–water partition coefficient (Wildman–Crippen LogP) is 2.82. The van der Waals surface area contributed by atoms with Crippen LogP contribution in [0.2, 0.25) is 0 Å². The van der Waals surface area contributed by atoms with Gasteiger partial charge in [-0.25, -0.2) is 0 Å². The fourth-order valence-electron chi connectivity index (χ4n) is 3.46. The molecule has 1 aromatic carbocycles. The summed E-state index contributed by atoms with van der Waals surface area (Å²) in [5.41, 5.74) is 2.78. The van der Waals surface area contributed by atoms with Crippen LogP contribution in [0.15, 0.2) is 24.3 Å². The minimum Gasteiger partial charge on any atom is -0.372 e. The van der Waals surface area contributed by atoms with Crippen LogP contribution in [0, 0.1) is 0 Å². The van der Waals surface area contributed by atoms with E-state index < -0.39 is 0 Å². The number of rotatable bonds is 3. The van der Waals surface area contributed by atoms with Crippen molar-refractivity contribution in [1.29, 1.82) is 0 Å². The summed E-state index contributed by atoms with van der Waals surface area (Å²) in [4.78, 5) is 7.41. The third kappa shape index (κ3) is 2.93. The molecule has 0 spiro atoms. The van der Waals surface area contributed by atoms with Gasteiger partial charge < -0.3 is 14.7 Å². The number of piperidine rings is 1. The van der Waals surface area contributed by atoms with Crippen molar-refractivity contribution >= 4 is 11.4 Å². The molecule has 2 aliphatic heterocycles. The molecule has 0 N–H and O–H groups in total. The van der Waals surface area contributed by atoms with Crippen molar-refractivity contribution in [3.8, 4) is 0 Å². The number of benzene rings is 1. The van der Waals surface area contributed by atoms with Gasteiger partial charge in [0.05, 0.1) is 0 Å². The van der Waals surface area contributed by atoms with E-state index in [-0.39, 0.29) is 0 Å². The summed E-state index contributed by atoms with van der Waals surface area (Å²) in [5, 5.41) is 0. The van der Waals surface area contributed by atoms with E-state index in [2.05, 4.69) is 53.1 Å². The van der Waals surface area contributed by atoms with Crippen LogP contribution >= 0.6 is 0 Å². The third-order valence-electron chi connectivity index (χ3n) is 4.81. The van der Waals surface area contributed by atoms with Crippen molar-refractivity contribution in [2.75, 3.05) is 50.1 Å². The standard InChI is InChI=1S/C17H27N3/c1-18(2)17-6-5-13-20(14-17)16-9-7-15(8-10-16)19-11-3-4-12-19/h7-10,17H,3-6,11-14H2,1-2H3. The lowest BCUT2D eigenvalue weighted by atomic mass is 10.0. The molecule has 2 heterocycles. The van der Waals surface area contributed by atoms with Gasteiger partial charge in [0.1, 0.15) is 0 Å². The molecule has 3 rings (SSSR count). The van der Waals surface area contributed by atoms with Crippen molar-refractivity contribution in [3.05, 3.63) is 24.3 Å². The first-order valence-corrected chi connectivity index (χ1v) is 8.00. The van der Waals surface area contributed by atoms with Crippen LogP contribution in [-0.4, -0.2) is 51.2 Å². The van der Waals surface area contributed by atoms with Crippen LogP contribution in [0.4, 0.5) is 11.4 Å². The van der Waals surface area contributed by atoms with E-state index in [1.54, 1.807) is 0 Å². The predicted molar refractivity (Wildman–Crippen MR) is 86.8 cm³/mol. The van der Waals surface area contributed by atoms with Gasteiger partial charge in [-0.3, -0.25) is 0 Å². The van der Waals surface area contributed by atoms with E-state index in [0.717, 1.165) is 6.54 Å². The quantitative estimate of drug-likeness (QED) is 0.838. The van der Waals surface area contributed by atoms with Crippen LogP contribution in [-0.2, 0) is 0 Å². The molecule has 20 heavy (non-hydrogen) atoms. The Labute approximate surface area is 123 Å². The largest absolute Gasteiger partial charge is 0.372 e.